The van der Waals surface area contributed by atoms with E-state index in [2.05, 4.69) is 66.5 Å². The Morgan fingerprint density at radius 1 is 1.00 bits per heavy atom. The van der Waals surface area contributed by atoms with E-state index in [1.807, 2.05) is 36.4 Å². The summed E-state index contributed by atoms with van der Waals surface area (Å²) in [5.74, 6) is 6.12. The van der Waals surface area contributed by atoms with E-state index in [-0.39, 0.29) is 12.6 Å². The van der Waals surface area contributed by atoms with Crippen molar-refractivity contribution < 1.29 is 5.11 Å². The van der Waals surface area contributed by atoms with Gasteiger partial charge in [-0.2, -0.15) is 0 Å². The Kier molecular flexibility index (Phi) is 6.22. The average molecular weight is 341 g/mol. The normalized spacial score (nSPS) is 12.1. The van der Waals surface area contributed by atoms with Crippen molar-refractivity contribution in [3.05, 3.63) is 95.6 Å². The molecule has 3 rings (SSSR count). The Morgan fingerprint density at radius 2 is 1.77 bits per heavy atom. The molecule has 2 nitrogen and oxygen atoms in total. The maximum absolute atomic E-state index is 9.31. The molecule has 3 aromatic rings. The van der Waals surface area contributed by atoms with Gasteiger partial charge in [0.05, 0.1) is 6.61 Å². The van der Waals surface area contributed by atoms with E-state index in [4.69, 9.17) is 0 Å². The maximum atomic E-state index is 9.31. The number of hydrogen-bond acceptors (Lipinski definition) is 2. The summed E-state index contributed by atoms with van der Waals surface area (Å²) in [7, 11) is 0. The van der Waals surface area contributed by atoms with E-state index in [0.717, 1.165) is 17.7 Å². The molecule has 0 bridgehead atoms. The predicted octanol–water partition coefficient (Wildman–Crippen LogP) is 4.59. The van der Waals surface area contributed by atoms with E-state index in [1.165, 1.54) is 16.3 Å². The summed E-state index contributed by atoms with van der Waals surface area (Å²) < 4.78 is 0. The predicted molar refractivity (Wildman–Crippen MR) is 109 cm³/mol. The molecular weight excluding hydrogens is 318 g/mol. The van der Waals surface area contributed by atoms with Gasteiger partial charge in [0.15, 0.2) is 0 Å². The van der Waals surface area contributed by atoms with Gasteiger partial charge in [-0.3, -0.25) is 0 Å². The first-order chi connectivity index (χ1) is 12.8. The summed E-state index contributed by atoms with van der Waals surface area (Å²) in [4.78, 5) is 0. The zero-order valence-corrected chi connectivity index (χ0v) is 14.9. The van der Waals surface area contributed by atoms with Crippen molar-refractivity contribution in [2.24, 2.45) is 0 Å². The van der Waals surface area contributed by atoms with Crippen LogP contribution >= 0.6 is 0 Å². The van der Waals surface area contributed by atoms with Gasteiger partial charge in [-0.05, 0) is 41.0 Å². The minimum absolute atomic E-state index is 0.0126. The smallest absolute Gasteiger partial charge is 0.0694 e. The molecule has 0 aliphatic rings. The van der Waals surface area contributed by atoms with E-state index >= 15 is 0 Å². The second-order valence-electron chi connectivity index (χ2n) is 6.19. The van der Waals surface area contributed by atoms with Gasteiger partial charge in [0.1, 0.15) is 0 Å². The Labute approximate surface area is 155 Å². The first-order valence-corrected chi connectivity index (χ1v) is 8.86. The third-order valence-electron chi connectivity index (χ3n) is 4.43. The Balaban J connectivity index is 1.60. The van der Waals surface area contributed by atoms with Crippen LogP contribution in [0.25, 0.3) is 10.8 Å². The lowest BCUT2D eigenvalue weighted by Crippen LogP contribution is -2.18. The van der Waals surface area contributed by atoms with Gasteiger partial charge in [-0.1, -0.05) is 78.6 Å². The number of rotatable bonds is 5. The minimum Gasteiger partial charge on any atom is -0.392 e. The third kappa shape index (κ3) is 4.40. The zero-order chi connectivity index (χ0) is 18.2. The summed E-state index contributed by atoms with van der Waals surface area (Å²) in [5.41, 5.74) is 3.03. The molecule has 26 heavy (non-hydrogen) atoms. The van der Waals surface area contributed by atoms with Gasteiger partial charge in [0.25, 0.3) is 0 Å². The summed E-state index contributed by atoms with van der Waals surface area (Å²) in [6, 6.07) is 22.8. The number of fused-ring (bicyclic) bond motifs is 1. The highest BCUT2D eigenvalue weighted by molar-refractivity contribution is 5.86. The molecule has 0 saturated carbocycles. The molecule has 3 aromatic carbocycles. The number of benzene rings is 3. The van der Waals surface area contributed by atoms with Crippen LogP contribution in [0.5, 0.6) is 0 Å². The van der Waals surface area contributed by atoms with E-state index in [1.54, 1.807) is 0 Å². The molecule has 0 heterocycles. The van der Waals surface area contributed by atoms with Crippen molar-refractivity contribution >= 4 is 10.8 Å². The molecule has 0 aliphatic carbocycles. The number of aliphatic hydroxyl groups is 1. The number of aliphatic hydroxyl groups excluding tert-OH is 1. The van der Waals surface area contributed by atoms with Crippen LogP contribution in [0, 0.1) is 11.8 Å². The van der Waals surface area contributed by atoms with Crippen molar-refractivity contribution in [3.63, 3.8) is 0 Å². The molecule has 0 saturated heterocycles. The molecule has 0 aromatic heterocycles. The fourth-order valence-corrected chi connectivity index (χ4v) is 3.00. The average Bonchev–Trinajstić information content (AvgIpc) is 2.70. The van der Waals surface area contributed by atoms with Crippen LogP contribution < -0.4 is 5.32 Å². The summed E-state index contributed by atoms with van der Waals surface area (Å²) in [6.07, 6.45) is 3.88. The fourth-order valence-electron chi connectivity index (χ4n) is 3.00. The van der Waals surface area contributed by atoms with Crippen molar-refractivity contribution in [1.82, 2.24) is 5.32 Å². The molecule has 1 atom stereocenters. The molecule has 1 unspecified atom stereocenters. The summed E-state index contributed by atoms with van der Waals surface area (Å²) >= 11 is 0. The highest BCUT2D eigenvalue weighted by atomic mass is 16.3. The lowest BCUT2D eigenvalue weighted by atomic mass is 10.00. The van der Waals surface area contributed by atoms with Gasteiger partial charge in [0, 0.05) is 18.2 Å². The van der Waals surface area contributed by atoms with Gasteiger partial charge in [-0.25, -0.2) is 0 Å². The second-order valence-corrected chi connectivity index (χ2v) is 6.19. The molecule has 0 fully saturated rings. The molecule has 0 spiro atoms. The standard InChI is InChI=1S/C24H23NO/c1-19(23-16-9-14-21-12-6-7-15-24(21)23)25-17-8-2-3-10-20-11-4-5-13-22(20)18-26/h2,4-9,11-16,19,25-26H,17-18H2,1H3/b8-2+. The van der Waals surface area contributed by atoms with Gasteiger partial charge in [0.2, 0.25) is 0 Å². The highest BCUT2D eigenvalue weighted by Crippen LogP contribution is 2.23. The first-order valence-electron chi connectivity index (χ1n) is 8.86. The molecular formula is C24H23NO. The third-order valence-corrected chi connectivity index (χ3v) is 4.43. The molecule has 0 amide bonds. The number of nitrogens with one attached hydrogen (secondary N) is 1. The van der Waals surface area contributed by atoms with E-state index in [0.29, 0.717) is 0 Å². The largest absolute Gasteiger partial charge is 0.392 e. The maximum Gasteiger partial charge on any atom is 0.0694 e. The van der Waals surface area contributed by atoms with Crippen LogP contribution in [0.15, 0.2) is 78.9 Å². The first kappa shape index (κ1) is 17.9. The monoisotopic (exact) mass is 341 g/mol. The summed E-state index contributed by atoms with van der Waals surface area (Å²) in [6.45, 7) is 2.94. The number of hydrogen-bond donors (Lipinski definition) is 2. The molecule has 0 aliphatic heterocycles. The van der Waals surface area contributed by atoms with Crippen molar-refractivity contribution in [2.45, 2.75) is 19.6 Å². The Morgan fingerprint density at radius 3 is 2.65 bits per heavy atom. The van der Waals surface area contributed by atoms with Crippen LogP contribution in [0.1, 0.15) is 29.7 Å². The van der Waals surface area contributed by atoms with Crippen molar-refractivity contribution in [2.75, 3.05) is 6.54 Å². The van der Waals surface area contributed by atoms with Crippen LogP contribution in [-0.4, -0.2) is 11.7 Å². The van der Waals surface area contributed by atoms with Crippen LogP contribution in [-0.2, 0) is 6.61 Å². The lowest BCUT2D eigenvalue weighted by molar-refractivity contribution is 0.281. The fraction of sp³-hybridized carbons (Fsp3) is 0.167. The van der Waals surface area contributed by atoms with Crippen LogP contribution in [0.4, 0.5) is 0 Å². The molecule has 0 radical (unpaired) electrons. The zero-order valence-electron chi connectivity index (χ0n) is 14.9. The SMILES string of the molecule is CC(NC/C=C/C#Cc1ccccc1CO)c1cccc2ccccc12. The molecule has 2 N–H and O–H groups in total. The molecule has 130 valence electrons. The summed E-state index contributed by atoms with van der Waals surface area (Å²) in [5, 5.41) is 15.4. The number of allylic oxidation sites excluding steroid dienone is 1. The van der Waals surface area contributed by atoms with Crippen molar-refractivity contribution in [1.29, 1.82) is 0 Å². The second kappa shape index (κ2) is 9.01. The quantitative estimate of drug-likeness (QED) is 0.665. The topological polar surface area (TPSA) is 32.3 Å². The highest BCUT2D eigenvalue weighted by Gasteiger charge is 2.07. The van der Waals surface area contributed by atoms with Crippen LogP contribution in [0.2, 0.25) is 0 Å². The van der Waals surface area contributed by atoms with Gasteiger partial charge >= 0.3 is 0 Å². The minimum atomic E-state index is 0.0126. The Hall–Kier alpha value is -2.86. The molecule has 2 heteroatoms. The Bertz CT molecular complexity index is 957. The van der Waals surface area contributed by atoms with E-state index in [9.17, 15) is 5.11 Å². The van der Waals surface area contributed by atoms with E-state index < -0.39 is 0 Å². The van der Waals surface area contributed by atoms with Gasteiger partial charge in [-0.15, -0.1) is 0 Å². The van der Waals surface area contributed by atoms with Gasteiger partial charge < -0.3 is 10.4 Å². The lowest BCUT2D eigenvalue weighted by Gasteiger charge is -2.15. The van der Waals surface area contributed by atoms with Crippen molar-refractivity contribution in [3.8, 4) is 11.8 Å². The van der Waals surface area contributed by atoms with Crippen LogP contribution in [0.3, 0.4) is 0 Å².